The van der Waals surface area contributed by atoms with Crippen LogP contribution in [0, 0.1) is 0 Å². The first kappa shape index (κ1) is 21.8. The number of rotatable bonds is 7. The molecule has 2 aromatic carbocycles. The van der Waals surface area contributed by atoms with Crippen LogP contribution in [0.2, 0.25) is 5.02 Å². The molecule has 2 aromatic heterocycles. The second-order valence-corrected chi connectivity index (χ2v) is 8.17. The first-order valence-electron chi connectivity index (χ1n) is 10.5. The zero-order chi connectivity index (χ0) is 22.8. The highest BCUT2D eigenvalue weighted by Gasteiger charge is 2.18. The minimum atomic E-state index is -0.381. The Morgan fingerprint density at radius 1 is 1.12 bits per heavy atom. The molecule has 0 fully saturated rings. The number of halogens is 1. The lowest BCUT2D eigenvalue weighted by Crippen LogP contribution is -2.34. The monoisotopic (exact) mass is 453 g/mol. The fraction of sp³-hybridized carbons (Fsp3) is 0.304. The van der Waals surface area contributed by atoms with E-state index in [1.165, 1.54) is 13.6 Å². The van der Waals surface area contributed by atoms with Gasteiger partial charge in [0.05, 0.1) is 17.4 Å². The molecule has 1 amide bonds. The number of carbonyl (C=O) groups excluding carboxylic acids is 1. The summed E-state index contributed by atoms with van der Waals surface area (Å²) >= 11 is 6.27. The van der Waals surface area contributed by atoms with Crippen molar-refractivity contribution in [2.45, 2.75) is 45.8 Å². The molecule has 8 nitrogen and oxygen atoms in total. The lowest BCUT2D eigenvalue weighted by molar-refractivity contribution is -0.121. The molecule has 0 radical (unpaired) electrons. The molecule has 0 saturated heterocycles. The molecule has 1 atom stereocenters. The quantitative estimate of drug-likeness (QED) is 0.466. The Kier molecular flexibility index (Phi) is 6.14. The summed E-state index contributed by atoms with van der Waals surface area (Å²) in [6.45, 7) is 4.18. The summed E-state index contributed by atoms with van der Waals surface area (Å²) in [5.41, 5.74) is 0.544. The molecule has 32 heavy (non-hydrogen) atoms. The lowest BCUT2D eigenvalue weighted by Gasteiger charge is -2.12. The van der Waals surface area contributed by atoms with Crippen LogP contribution >= 0.6 is 11.6 Å². The number of aryl methyl sites for hydroxylation is 1. The maximum Gasteiger partial charge on any atom is 0.352 e. The summed E-state index contributed by atoms with van der Waals surface area (Å²) in [5, 5.41) is 8.27. The van der Waals surface area contributed by atoms with Gasteiger partial charge in [-0.1, -0.05) is 48.9 Å². The highest BCUT2D eigenvalue weighted by atomic mass is 35.5. The Balaban J connectivity index is 1.83. The molecule has 1 N–H and O–H groups in total. The number of para-hydroxylation sites is 1. The van der Waals surface area contributed by atoms with Crippen molar-refractivity contribution in [1.82, 2.24) is 24.1 Å². The zero-order valence-corrected chi connectivity index (χ0v) is 18.7. The molecule has 0 saturated carbocycles. The minimum absolute atomic E-state index is 0.0493. The number of hydrogen-bond acceptors (Lipinski definition) is 4. The van der Waals surface area contributed by atoms with E-state index in [9.17, 15) is 14.4 Å². The van der Waals surface area contributed by atoms with Gasteiger partial charge < -0.3 is 5.32 Å². The van der Waals surface area contributed by atoms with Gasteiger partial charge in [0.25, 0.3) is 5.56 Å². The summed E-state index contributed by atoms with van der Waals surface area (Å²) in [4.78, 5) is 38.8. The van der Waals surface area contributed by atoms with Crippen molar-refractivity contribution in [2.75, 3.05) is 0 Å². The predicted molar refractivity (Wildman–Crippen MR) is 124 cm³/mol. The summed E-state index contributed by atoms with van der Waals surface area (Å²) in [6, 6.07) is 14.2. The SMILES string of the molecule is CCC(C)NC(=O)CCn1c(=O)c2ccccc2n2c(=O)n(Cc3ccccc3Cl)nc12. The van der Waals surface area contributed by atoms with Crippen LogP contribution in [0.15, 0.2) is 58.1 Å². The number of amides is 1. The first-order chi connectivity index (χ1) is 15.4. The van der Waals surface area contributed by atoms with Crippen LogP contribution in [0.25, 0.3) is 16.7 Å². The average Bonchev–Trinajstić information content (AvgIpc) is 3.11. The lowest BCUT2D eigenvalue weighted by atomic mass is 10.2. The summed E-state index contributed by atoms with van der Waals surface area (Å²) in [5.74, 6) is 0.0394. The molecule has 0 aliphatic carbocycles. The standard InChI is InChI=1S/C23H24ClN5O3/c1-3-15(2)25-20(30)12-13-27-21(31)17-9-5-7-11-19(17)29-22(27)26-28(23(29)32)14-16-8-4-6-10-18(16)24/h4-11,15H,3,12-14H2,1-2H3,(H,25,30). The number of fused-ring (bicyclic) bond motifs is 3. The summed E-state index contributed by atoms with van der Waals surface area (Å²) in [7, 11) is 0. The van der Waals surface area contributed by atoms with E-state index in [0.29, 0.717) is 15.9 Å². The second kappa shape index (κ2) is 9.00. The molecule has 1 unspecified atom stereocenters. The molecule has 0 spiro atoms. The Labute approximate surface area is 189 Å². The van der Waals surface area contributed by atoms with Crippen LogP contribution in [0.1, 0.15) is 32.3 Å². The third-order valence-corrected chi connectivity index (χ3v) is 5.91. The number of nitrogens with zero attached hydrogens (tertiary/aromatic N) is 4. The number of benzene rings is 2. The van der Waals surface area contributed by atoms with E-state index in [1.807, 2.05) is 32.0 Å². The first-order valence-corrected chi connectivity index (χ1v) is 10.9. The van der Waals surface area contributed by atoms with Crippen LogP contribution in [0.5, 0.6) is 0 Å². The van der Waals surface area contributed by atoms with Crippen LogP contribution in [0.4, 0.5) is 0 Å². The fourth-order valence-electron chi connectivity index (χ4n) is 3.62. The number of aromatic nitrogens is 4. The van der Waals surface area contributed by atoms with Gasteiger partial charge in [0, 0.05) is 24.0 Å². The van der Waals surface area contributed by atoms with Crippen LogP contribution < -0.4 is 16.6 Å². The smallest absolute Gasteiger partial charge is 0.352 e. The highest BCUT2D eigenvalue weighted by Crippen LogP contribution is 2.16. The zero-order valence-electron chi connectivity index (χ0n) is 17.9. The van der Waals surface area contributed by atoms with Crippen LogP contribution in [0.3, 0.4) is 0 Å². The van der Waals surface area contributed by atoms with Crippen molar-refractivity contribution in [3.63, 3.8) is 0 Å². The van der Waals surface area contributed by atoms with Crippen molar-refractivity contribution < 1.29 is 4.79 Å². The Morgan fingerprint density at radius 3 is 2.59 bits per heavy atom. The van der Waals surface area contributed by atoms with E-state index in [-0.39, 0.29) is 48.5 Å². The van der Waals surface area contributed by atoms with Gasteiger partial charge in [-0.05, 0) is 37.1 Å². The molecule has 166 valence electrons. The van der Waals surface area contributed by atoms with Crippen molar-refractivity contribution >= 4 is 34.2 Å². The van der Waals surface area contributed by atoms with Gasteiger partial charge in [0.15, 0.2) is 0 Å². The van der Waals surface area contributed by atoms with Crippen LogP contribution in [-0.2, 0) is 17.9 Å². The normalized spacial score (nSPS) is 12.3. The topological polar surface area (TPSA) is 90.4 Å². The molecular formula is C23H24ClN5O3. The maximum absolute atomic E-state index is 13.3. The number of nitrogens with one attached hydrogen (secondary N) is 1. The third-order valence-electron chi connectivity index (χ3n) is 5.54. The van der Waals surface area contributed by atoms with E-state index in [4.69, 9.17) is 11.6 Å². The predicted octanol–water partition coefficient (Wildman–Crippen LogP) is 2.82. The van der Waals surface area contributed by atoms with E-state index < -0.39 is 0 Å². The van der Waals surface area contributed by atoms with Gasteiger partial charge in [-0.2, -0.15) is 0 Å². The molecular weight excluding hydrogens is 430 g/mol. The highest BCUT2D eigenvalue weighted by molar-refractivity contribution is 6.31. The molecule has 9 heteroatoms. The largest absolute Gasteiger partial charge is 0.354 e. The fourth-order valence-corrected chi connectivity index (χ4v) is 3.82. The van der Waals surface area contributed by atoms with E-state index in [1.54, 1.807) is 30.3 Å². The summed E-state index contributed by atoms with van der Waals surface area (Å²) < 4.78 is 4.10. The molecule has 0 aliphatic heterocycles. The molecule has 4 rings (SSSR count). The molecule has 0 bridgehead atoms. The van der Waals surface area contributed by atoms with E-state index in [2.05, 4.69) is 10.4 Å². The van der Waals surface area contributed by atoms with Gasteiger partial charge >= 0.3 is 5.69 Å². The van der Waals surface area contributed by atoms with Gasteiger partial charge in [-0.25, -0.2) is 13.9 Å². The average molecular weight is 454 g/mol. The van der Waals surface area contributed by atoms with Crippen molar-refractivity contribution in [3.8, 4) is 0 Å². The van der Waals surface area contributed by atoms with Crippen molar-refractivity contribution in [2.24, 2.45) is 0 Å². The van der Waals surface area contributed by atoms with Crippen molar-refractivity contribution in [1.29, 1.82) is 0 Å². The second-order valence-electron chi connectivity index (χ2n) is 7.77. The third kappa shape index (κ3) is 4.05. The molecule has 4 aromatic rings. The number of carbonyl (C=O) groups is 1. The van der Waals surface area contributed by atoms with Crippen LogP contribution in [-0.4, -0.2) is 30.7 Å². The van der Waals surface area contributed by atoms with E-state index in [0.717, 1.165) is 12.0 Å². The van der Waals surface area contributed by atoms with Gasteiger partial charge in [-0.3, -0.25) is 14.2 Å². The Bertz CT molecular complexity index is 1420. The number of hydrogen-bond donors (Lipinski definition) is 1. The summed E-state index contributed by atoms with van der Waals surface area (Å²) in [6.07, 6.45) is 0.914. The molecule has 2 heterocycles. The van der Waals surface area contributed by atoms with Crippen molar-refractivity contribution in [3.05, 3.63) is 80.0 Å². The minimum Gasteiger partial charge on any atom is -0.354 e. The van der Waals surface area contributed by atoms with Gasteiger partial charge in [0.1, 0.15) is 0 Å². The van der Waals surface area contributed by atoms with E-state index >= 15 is 0 Å². The maximum atomic E-state index is 13.3. The van der Waals surface area contributed by atoms with Gasteiger partial charge in [0.2, 0.25) is 11.7 Å². The molecule has 0 aliphatic rings. The Hall–Kier alpha value is -3.39. The Morgan fingerprint density at radius 2 is 1.84 bits per heavy atom. The van der Waals surface area contributed by atoms with Gasteiger partial charge in [-0.15, -0.1) is 5.10 Å².